The highest BCUT2D eigenvalue weighted by atomic mass is 32.2. The van der Waals surface area contributed by atoms with Crippen LogP contribution in [-0.4, -0.2) is 94.0 Å². The second-order valence-corrected chi connectivity index (χ2v) is 10.3. The highest BCUT2D eigenvalue weighted by Gasteiger charge is 2.40. The SMILES string of the molecule is COc1ccc(NC(=O)C[N+]23CCN(CC2)CC3)cc1S(=O)(=O)N1CCCCC1. The average molecular weight is 424 g/mol. The number of carbonyl (C=O) groups is 1. The monoisotopic (exact) mass is 423 g/mol. The molecular weight excluding hydrogens is 392 g/mol. The predicted molar refractivity (Wildman–Crippen MR) is 110 cm³/mol. The highest BCUT2D eigenvalue weighted by Crippen LogP contribution is 2.31. The van der Waals surface area contributed by atoms with Gasteiger partial charge >= 0.3 is 0 Å². The van der Waals surface area contributed by atoms with Gasteiger partial charge in [-0.2, -0.15) is 4.31 Å². The smallest absolute Gasteiger partial charge is 0.279 e. The number of anilines is 1. The first kappa shape index (κ1) is 20.6. The largest absolute Gasteiger partial charge is 0.495 e. The number of nitrogens with one attached hydrogen (secondary N) is 1. The third-order valence-electron chi connectivity index (χ3n) is 6.53. The number of ether oxygens (including phenoxy) is 1. The number of fused-ring (bicyclic) bond motifs is 3. The van der Waals surface area contributed by atoms with Gasteiger partial charge in [-0.15, -0.1) is 0 Å². The van der Waals surface area contributed by atoms with Gasteiger partial charge in [0.05, 0.1) is 26.7 Å². The van der Waals surface area contributed by atoms with Crippen LogP contribution in [-0.2, 0) is 14.8 Å². The third kappa shape index (κ3) is 4.28. The zero-order valence-electron chi connectivity index (χ0n) is 17.1. The van der Waals surface area contributed by atoms with Crippen molar-refractivity contribution in [1.29, 1.82) is 0 Å². The molecule has 4 fully saturated rings. The van der Waals surface area contributed by atoms with Crippen LogP contribution in [0.5, 0.6) is 5.75 Å². The minimum absolute atomic E-state index is 0.0631. The van der Waals surface area contributed by atoms with Crippen molar-refractivity contribution in [3.8, 4) is 5.75 Å². The van der Waals surface area contributed by atoms with Crippen molar-refractivity contribution in [2.24, 2.45) is 0 Å². The average Bonchev–Trinajstić information content (AvgIpc) is 2.75. The maximum Gasteiger partial charge on any atom is 0.279 e. The molecule has 4 aliphatic rings. The van der Waals surface area contributed by atoms with Crippen molar-refractivity contribution in [3.63, 3.8) is 0 Å². The molecule has 160 valence electrons. The number of piperidine rings is 1. The van der Waals surface area contributed by atoms with Crippen LogP contribution in [0.15, 0.2) is 23.1 Å². The van der Waals surface area contributed by atoms with Crippen LogP contribution >= 0.6 is 0 Å². The van der Waals surface area contributed by atoms with Crippen molar-refractivity contribution in [3.05, 3.63) is 18.2 Å². The topological polar surface area (TPSA) is 79.0 Å². The lowest BCUT2D eigenvalue weighted by atomic mass is 10.1. The molecule has 29 heavy (non-hydrogen) atoms. The molecule has 4 saturated heterocycles. The van der Waals surface area contributed by atoms with Gasteiger partial charge < -0.3 is 14.5 Å². The van der Waals surface area contributed by atoms with Gasteiger partial charge in [0, 0.05) is 38.4 Å². The summed E-state index contributed by atoms with van der Waals surface area (Å²) in [4.78, 5) is 15.3. The van der Waals surface area contributed by atoms with Crippen LogP contribution in [0.1, 0.15) is 19.3 Å². The van der Waals surface area contributed by atoms with Crippen molar-refractivity contribution in [1.82, 2.24) is 9.21 Å². The molecule has 0 radical (unpaired) electrons. The number of hydrogen-bond acceptors (Lipinski definition) is 5. The van der Waals surface area contributed by atoms with Gasteiger partial charge in [-0.05, 0) is 31.0 Å². The van der Waals surface area contributed by atoms with Gasteiger partial charge in [0.25, 0.3) is 5.91 Å². The Kier molecular flexibility index (Phi) is 5.83. The van der Waals surface area contributed by atoms with Gasteiger partial charge in [-0.1, -0.05) is 6.42 Å². The Balaban J connectivity index is 1.51. The quantitative estimate of drug-likeness (QED) is 0.690. The fraction of sp³-hybridized carbons (Fsp3) is 0.650. The van der Waals surface area contributed by atoms with E-state index in [9.17, 15) is 13.2 Å². The fourth-order valence-electron chi connectivity index (χ4n) is 4.67. The van der Waals surface area contributed by atoms with Gasteiger partial charge in [-0.3, -0.25) is 9.69 Å². The van der Waals surface area contributed by atoms with Crippen LogP contribution in [0.2, 0.25) is 0 Å². The fourth-order valence-corrected chi connectivity index (χ4v) is 6.37. The number of quaternary nitrogens is 1. The number of rotatable bonds is 6. The molecule has 0 aromatic heterocycles. The number of hydrogen-bond donors (Lipinski definition) is 1. The zero-order valence-corrected chi connectivity index (χ0v) is 17.9. The molecule has 1 aromatic rings. The number of methoxy groups -OCH3 is 1. The summed E-state index contributed by atoms with van der Waals surface area (Å²) in [6.45, 7) is 7.66. The van der Waals surface area contributed by atoms with Crippen molar-refractivity contribution in [2.45, 2.75) is 24.2 Å². The summed E-state index contributed by atoms with van der Waals surface area (Å²) < 4.78 is 34.0. The second-order valence-electron chi connectivity index (χ2n) is 8.39. The number of amides is 1. The molecule has 4 aliphatic heterocycles. The van der Waals surface area contributed by atoms with Crippen LogP contribution in [0.4, 0.5) is 5.69 Å². The molecular formula is C20H31N4O4S+. The van der Waals surface area contributed by atoms with Crippen LogP contribution < -0.4 is 10.1 Å². The van der Waals surface area contributed by atoms with E-state index >= 15 is 0 Å². The Morgan fingerprint density at radius 3 is 2.34 bits per heavy atom. The van der Waals surface area contributed by atoms with Crippen molar-refractivity contribution < 1.29 is 22.4 Å². The van der Waals surface area contributed by atoms with E-state index in [1.165, 1.54) is 17.5 Å². The second kappa shape index (κ2) is 8.22. The summed E-state index contributed by atoms with van der Waals surface area (Å²) in [5.74, 6) is 0.245. The van der Waals surface area contributed by atoms with Gasteiger partial charge in [0.1, 0.15) is 10.6 Å². The van der Waals surface area contributed by atoms with E-state index in [1.807, 2.05) is 0 Å². The molecule has 0 unspecified atom stereocenters. The minimum Gasteiger partial charge on any atom is -0.495 e. The van der Waals surface area contributed by atoms with E-state index < -0.39 is 10.0 Å². The standard InChI is InChI=1S/C20H30N4O4S/c1-28-18-6-5-17(15-19(18)29(26,27)23-7-3-2-4-8-23)21-20(25)16-24-12-9-22(10-13-24)11-14-24/h5-6,15H,2-4,7-14,16H2,1H3/p+1. The molecule has 4 heterocycles. The first-order chi connectivity index (χ1) is 13.9. The molecule has 1 N–H and O–H groups in total. The Hall–Kier alpha value is -1.68. The van der Waals surface area contributed by atoms with E-state index in [1.54, 1.807) is 12.1 Å². The molecule has 0 aliphatic carbocycles. The molecule has 1 amide bonds. The molecule has 9 heteroatoms. The molecule has 5 rings (SSSR count). The summed E-state index contributed by atoms with van der Waals surface area (Å²) in [6.07, 6.45) is 2.79. The summed E-state index contributed by atoms with van der Waals surface area (Å²) in [5.41, 5.74) is 0.500. The normalized spacial score (nSPS) is 27.6. The van der Waals surface area contributed by atoms with Crippen LogP contribution in [0.25, 0.3) is 0 Å². The van der Waals surface area contributed by atoms with Gasteiger partial charge in [0.2, 0.25) is 10.0 Å². The lowest BCUT2D eigenvalue weighted by Gasteiger charge is -2.50. The number of benzene rings is 1. The molecule has 0 spiro atoms. The Labute approximate surface area is 173 Å². The van der Waals surface area contributed by atoms with E-state index in [0.717, 1.165) is 63.0 Å². The predicted octanol–water partition coefficient (Wildman–Crippen LogP) is 0.954. The summed E-state index contributed by atoms with van der Waals surface area (Å²) in [5, 5.41) is 2.93. The van der Waals surface area contributed by atoms with Crippen LogP contribution in [0, 0.1) is 0 Å². The Morgan fingerprint density at radius 2 is 1.72 bits per heavy atom. The van der Waals surface area contributed by atoms with Crippen molar-refractivity contribution in [2.75, 3.05) is 71.3 Å². The summed E-state index contributed by atoms with van der Waals surface area (Å²) >= 11 is 0. The first-order valence-electron chi connectivity index (χ1n) is 10.5. The van der Waals surface area contributed by atoms with Gasteiger partial charge in [0.15, 0.2) is 6.54 Å². The summed E-state index contributed by atoms with van der Waals surface area (Å²) in [6, 6.07) is 4.87. The minimum atomic E-state index is -3.65. The van der Waals surface area contributed by atoms with E-state index in [0.29, 0.717) is 31.1 Å². The number of carbonyl (C=O) groups excluding carboxylic acids is 1. The Bertz CT molecular complexity index is 845. The maximum absolute atomic E-state index is 13.1. The maximum atomic E-state index is 13.1. The first-order valence-corrected chi connectivity index (χ1v) is 11.9. The number of nitrogens with zero attached hydrogens (tertiary/aromatic N) is 3. The third-order valence-corrected chi connectivity index (χ3v) is 8.45. The zero-order chi connectivity index (χ0) is 20.5. The van der Waals surface area contributed by atoms with E-state index in [4.69, 9.17) is 4.74 Å². The lowest BCUT2D eigenvalue weighted by Crippen LogP contribution is -2.68. The molecule has 8 nitrogen and oxygen atoms in total. The van der Waals surface area contributed by atoms with Crippen LogP contribution in [0.3, 0.4) is 0 Å². The van der Waals surface area contributed by atoms with E-state index in [-0.39, 0.29) is 10.8 Å². The molecule has 1 aromatic carbocycles. The van der Waals surface area contributed by atoms with Gasteiger partial charge in [-0.25, -0.2) is 8.42 Å². The lowest BCUT2D eigenvalue weighted by molar-refractivity contribution is -0.933. The van der Waals surface area contributed by atoms with E-state index in [2.05, 4.69) is 10.2 Å². The van der Waals surface area contributed by atoms with Crippen molar-refractivity contribution >= 4 is 21.6 Å². The molecule has 2 bridgehead atoms. The number of sulfonamides is 1. The summed E-state index contributed by atoms with van der Waals surface area (Å²) in [7, 11) is -2.19. The molecule has 0 atom stereocenters. The number of piperazine rings is 3. The molecule has 0 saturated carbocycles. The highest BCUT2D eigenvalue weighted by molar-refractivity contribution is 7.89. The Morgan fingerprint density at radius 1 is 1.07 bits per heavy atom.